The Labute approximate surface area is 155 Å². The van der Waals surface area contributed by atoms with E-state index >= 15 is 0 Å². The van der Waals surface area contributed by atoms with Crippen molar-refractivity contribution in [2.45, 2.75) is 25.7 Å². The molecule has 0 atom stereocenters. The average molecular weight is 379 g/mol. The van der Waals surface area contributed by atoms with Gasteiger partial charge in [0.25, 0.3) is 0 Å². The molecule has 1 aliphatic heterocycles. The van der Waals surface area contributed by atoms with Crippen molar-refractivity contribution in [1.29, 1.82) is 0 Å². The maximum absolute atomic E-state index is 12.9. The highest BCUT2D eigenvalue weighted by Gasteiger charge is 2.29. The molecule has 3 rings (SSSR count). The summed E-state index contributed by atoms with van der Waals surface area (Å²) in [6.07, 6.45) is 0. The minimum Gasteiger partial charge on any atom is -0.369 e. The van der Waals surface area contributed by atoms with Crippen LogP contribution in [-0.2, 0) is 10.0 Å². The van der Waals surface area contributed by atoms with E-state index in [1.54, 1.807) is 22.5 Å². The van der Waals surface area contributed by atoms with E-state index in [0.717, 1.165) is 5.56 Å². The van der Waals surface area contributed by atoms with Gasteiger partial charge in [-0.05, 0) is 55.7 Å². The molecule has 0 saturated carbocycles. The molecule has 0 unspecified atom stereocenters. The lowest BCUT2D eigenvalue weighted by Crippen LogP contribution is -2.48. The maximum Gasteiger partial charge on any atom is 0.243 e. The predicted molar refractivity (Wildman–Crippen MR) is 103 cm³/mol. The maximum atomic E-state index is 12.9. The summed E-state index contributed by atoms with van der Waals surface area (Å²) in [4.78, 5) is 2.53. The van der Waals surface area contributed by atoms with Gasteiger partial charge in [0.1, 0.15) is 0 Å². The van der Waals surface area contributed by atoms with Crippen molar-refractivity contribution >= 4 is 27.3 Å². The Morgan fingerprint density at radius 1 is 0.880 bits per heavy atom. The molecule has 1 fully saturated rings. The van der Waals surface area contributed by atoms with E-state index in [1.807, 2.05) is 6.92 Å². The molecule has 0 bridgehead atoms. The van der Waals surface area contributed by atoms with E-state index in [-0.39, 0.29) is 4.90 Å². The quantitative estimate of drug-likeness (QED) is 0.816. The number of anilines is 1. The molecule has 1 saturated heterocycles. The fourth-order valence-electron chi connectivity index (χ4n) is 3.11. The van der Waals surface area contributed by atoms with Crippen molar-refractivity contribution in [2.24, 2.45) is 0 Å². The molecule has 0 radical (unpaired) electrons. The van der Waals surface area contributed by atoms with Crippen LogP contribution in [0.15, 0.2) is 41.3 Å². The highest BCUT2D eigenvalue weighted by molar-refractivity contribution is 7.89. The molecule has 1 aliphatic rings. The summed E-state index contributed by atoms with van der Waals surface area (Å²) < 4.78 is 27.3. The van der Waals surface area contributed by atoms with E-state index in [2.05, 4.69) is 36.9 Å². The van der Waals surface area contributed by atoms with Crippen LogP contribution < -0.4 is 4.90 Å². The molecule has 2 aromatic rings. The molecule has 0 amide bonds. The first-order valence-electron chi connectivity index (χ1n) is 8.37. The van der Waals surface area contributed by atoms with Gasteiger partial charge in [-0.15, -0.1) is 0 Å². The van der Waals surface area contributed by atoms with Gasteiger partial charge in [0.15, 0.2) is 0 Å². The van der Waals surface area contributed by atoms with E-state index in [1.165, 1.54) is 16.8 Å². The summed E-state index contributed by atoms with van der Waals surface area (Å²) in [5, 5.41) is 0.482. The molecule has 2 aromatic carbocycles. The van der Waals surface area contributed by atoms with Gasteiger partial charge in [0.05, 0.1) is 4.90 Å². The molecule has 0 N–H and O–H groups in total. The lowest BCUT2D eigenvalue weighted by Gasteiger charge is -2.36. The van der Waals surface area contributed by atoms with Crippen molar-refractivity contribution in [3.05, 3.63) is 58.1 Å². The summed E-state index contributed by atoms with van der Waals surface area (Å²) in [6.45, 7) is 8.34. The molecule has 25 heavy (non-hydrogen) atoms. The third kappa shape index (κ3) is 3.68. The largest absolute Gasteiger partial charge is 0.369 e. The molecule has 0 spiro atoms. The van der Waals surface area contributed by atoms with Crippen LogP contribution >= 0.6 is 11.6 Å². The SMILES string of the molecule is Cc1ccc(C)c(N2CCN(S(=O)(=O)c3ccc(C)c(Cl)c3)CC2)c1. The number of halogens is 1. The molecule has 134 valence electrons. The third-order valence-corrected chi connectivity index (χ3v) is 7.03. The van der Waals surface area contributed by atoms with Crippen molar-refractivity contribution in [2.75, 3.05) is 31.1 Å². The van der Waals surface area contributed by atoms with Crippen LogP contribution in [0, 0.1) is 20.8 Å². The van der Waals surface area contributed by atoms with Crippen LogP contribution in [0.2, 0.25) is 5.02 Å². The van der Waals surface area contributed by atoms with Gasteiger partial charge in [0, 0.05) is 36.9 Å². The Kier molecular flexibility index (Phi) is 5.09. The first kappa shape index (κ1) is 18.2. The topological polar surface area (TPSA) is 40.6 Å². The molecule has 1 heterocycles. The monoisotopic (exact) mass is 378 g/mol. The zero-order valence-electron chi connectivity index (χ0n) is 14.8. The number of aryl methyl sites for hydroxylation is 3. The van der Waals surface area contributed by atoms with E-state index in [4.69, 9.17) is 11.6 Å². The highest BCUT2D eigenvalue weighted by Crippen LogP contribution is 2.26. The number of nitrogens with zero attached hydrogens (tertiary/aromatic N) is 2. The van der Waals surface area contributed by atoms with Crippen LogP contribution in [0.4, 0.5) is 5.69 Å². The molecule has 6 heteroatoms. The smallest absolute Gasteiger partial charge is 0.243 e. The molecule has 4 nitrogen and oxygen atoms in total. The van der Waals surface area contributed by atoms with Gasteiger partial charge in [-0.25, -0.2) is 8.42 Å². The lowest BCUT2D eigenvalue weighted by atomic mass is 10.1. The Bertz CT molecular complexity index is 888. The minimum absolute atomic E-state index is 0.267. The molecular weight excluding hydrogens is 356 g/mol. The van der Waals surface area contributed by atoms with Gasteiger partial charge in [-0.1, -0.05) is 29.8 Å². The standard InChI is InChI=1S/C19H23ClN2O2S/c1-14-4-5-16(3)19(12-14)21-8-10-22(11-9-21)25(23,24)17-7-6-15(2)18(20)13-17/h4-7,12-13H,8-11H2,1-3H3. The Hall–Kier alpha value is -1.56. The fraction of sp³-hybridized carbons (Fsp3) is 0.368. The van der Waals surface area contributed by atoms with E-state index in [0.29, 0.717) is 31.2 Å². The average Bonchev–Trinajstić information content (AvgIpc) is 2.59. The predicted octanol–water partition coefficient (Wildman–Crippen LogP) is 3.78. The van der Waals surface area contributed by atoms with Gasteiger partial charge < -0.3 is 4.90 Å². The second-order valence-electron chi connectivity index (χ2n) is 6.59. The zero-order chi connectivity index (χ0) is 18.2. The summed E-state index contributed by atoms with van der Waals surface area (Å²) >= 11 is 6.10. The van der Waals surface area contributed by atoms with Gasteiger partial charge in [-0.3, -0.25) is 0 Å². The molecular formula is C19H23ClN2O2S. The normalized spacial score (nSPS) is 16.2. The number of hydrogen-bond donors (Lipinski definition) is 0. The van der Waals surface area contributed by atoms with Crippen molar-refractivity contribution in [1.82, 2.24) is 4.31 Å². The van der Waals surface area contributed by atoms with E-state index in [9.17, 15) is 8.42 Å². The van der Waals surface area contributed by atoms with Crippen molar-refractivity contribution in [3.63, 3.8) is 0 Å². The Balaban J connectivity index is 1.77. The fourth-order valence-corrected chi connectivity index (χ4v) is 4.81. The van der Waals surface area contributed by atoms with Gasteiger partial charge >= 0.3 is 0 Å². The number of piperazine rings is 1. The molecule has 0 aromatic heterocycles. The lowest BCUT2D eigenvalue weighted by molar-refractivity contribution is 0.384. The number of sulfonamides is 1. The van der Waals surface area contributed by atoms with Crippen LogP contribution in [0.3, 0.4) is 0 Å². The van der Waals surface area contributed by atoms with Crippen LogP contribution in [0.25, 0.3) is 0 Å². The van der Waals surface area contributed by atoms with E-state index < -0.39 is 10.0 Å². The van der Waals surface area contributed by atoms with Gasteiger partial charge in [0.2, 0.25) is 10.0 Å². The number of rotatable bonds is 3. The Morgan fingerprint density at radius 3 is 2.16 bits per heavy atom. The van der Waals surface area contributed by atoms with Crippen LogP contribution in [0.1, 0.15) is 16.7 Å². The number of hydrogen-bond acceptors (Lipinski definition) is 3. The minimum atomic E-state index is -3.50. The Morgan fingerprint density at radius 2 is 1.52 bits per heavy atom. The third-order valence-electron chi connectivity index (χ3n) is 4.73. The highest BCUT2D eigenvalue weighted by atomic mass is 35.5. The van der Waals surface area contributed by atoms with Crippen molar-refractivity contribution < 1.29 is 8.42 Å². The second kappa shape index (κ2) is 6.98. The summed E-state index contributed by atoms with van der Waals surface area (Å²) in [5.41, 5.74) is 4.49. The number of benzene rings is 2. The van der Waals surface area contributed by atoms with Crippen LogP contribution in [0.5, 0.6) is 0 Å². The summed E-state index contributed by atoms with van der Waals surface area (Å²) in [7, 11) is -3.50. The summed E-state index contributed by atoms with van der Waals surface area (Å²) in [5.74, 6) is 0. The second-order valence-corrected chi connectivity index (χ2v) is 8.94. The zero-order valence-corrected chi connectivity index (χ0v) is 16.4. The van der Waals surface area contributed by atoms with Crippen LogP contribution in [-0.4, -0.2) is 38.9 Å². The van der Waals surface area contributed by atoms with Gasteiger partial charge in [-0.2, -0.15) is 4.31 Å². The first-order valence-corrected chi connectivity index (χ1v) is 10.2. The summed E-state index contributed by atoms with van der Waals surface area (Å²) in [6, 6.07) is 11.3. The first-order chi connectivity index (χ1) is 11.8. The van der Waals surface area contributed by atoms with Crippen molar-refractivity contribution in [3.8, 4) is 0 Å². The molecule has 0 aliphatic carbocycles.